The third-order valence-electron chi connectivity index (χ3n) is 2.82. The molecule has 0 heterocycles. The highest BCUT2D eigenvalue weighted by Crippen LogP contribution is 2.25. The molecule has 0 spiro atoms. The molecule has 0 aliphatic carbocycles. The van der Waals surface area contributed by atoms with Gasteiger partial charge in [0, 0.05) is 0 Å². The van der Waals surface area contributed by atoms with Crippen LogP contribution in [0.5, 0.6) is 0 Å². The summed E-state index contributed by atoms with van der Waals surface area (Å²) in [4.78, 5) is 0. The molecular weight excluding hydrogens is 167 g/mol. The van der Waals surface area contributed by atoms with Gasteiger partial charge in [0.15, 0.2) is 0 Å². The minimum absolute atomic E-state index is 0.783. The van der Waals surface area contributed by atoms with Crippen molar-refractivity contribution >= 4 is 13.3 Å². The second kappa shape index (κ2) is 5.90. The van der Waals surface area contributed by atoms with Crippen molar-refractivity contribution in [2.24, 2.45) is 0 Å². The van der Waals surface area contributed by atoms with Crippen LogP contribution in [0, 0.1) is 0 Å². The van der Waals surface area contributed by atoms with Crippen molar-refractivity contribution in [3.8, 4) is 0 Å². The summed E-state index contributed by atoms with van der Waals surface area (Å²) < 4.78 is 0. The third-order valence-corrected chi connectivity index (χ3v) is 2.82. The van der Waals surface area contributed by atoms with E-state index in [1.54, 1.807) is 0 Å². The first-order valence-corrected chi connectivity index (χ1v) is 5.84. The molecule has 0 nitrogen and oxygen atoms in total. The van der Waals surface area contributed by atoms with Gasteiger partial charge < -0.3 is 0 Å². The van der Waals surface area contributed by atoms with Gasteiger partial charge in [-0.2, -0.15) is 0 Å². The summed E-state index contributed by atoms with van der Waals surface area (Å²) in [6.45, 7) is 4.55. The van der Waals surface area contributed by atoms with Crippen LogP contribution in [0.4, 0.5) is 0 Å². The maximum Gasteiger partial charge on any atom is 0.139 e. The van der Waals surface area contributed by atoms with Crippen LogP contribution in [0.15, 0.2) is 24.3 Å². The molecule has 0 aliphatic rings. The van der Waals surface area contributed by atoms with E-state index in [2.05, 4.69) is 46.0 Å². The molecule has 0 amide bonds. The van der Waals surface area contributed by atoms with E-state index in [-0.39, 0.29) is 0 Å². The first kappa shape index (κ1) is 11.4. The molecule has 0 unspecified atom stereocenters. The monoisotopic (exact) mass is 188 g/mol. The summed E-state index contributed by atoms with van der Waals surface area (Å²) in [6.07, 6.45) is 5.24. The summed E-state index contributed by atoms with van der Waals surface area (Å²) in [5.41, 5.74) is 2.89. The van der Waals surface area contributed by atoms with E-state index in [4.69, 9.17) is 0 Å². The van der Waals surface area contributed by atoms with E-state index >= 15 is 0 Å². The van der Waals surface area contributed by atoms with E-state index in [9.17, 15) is 0 Å². The molecule has 0 aliphatic heterocycles. The molecule has 76 valence electrons. The smallest absolute Gasteiger partial charge is 0.0889 e. The SMILES string of the molecule is Bc1ccc(C(CCC)CCC)cc1. The van der Waals surface area contributed by atoms with E-state index in [1.165, 1.54) is 36.7 Å². The quantitative estimate of drug-likeness (QED) is 0.623. The van der Waals surface area contributed by atoms with E-state index < -0.39 is 0 Å². The Kier molecular flexibility index (Phi) is 4.79. The van der Waals surface area contributed by atoms with Crippen LogP contribution in [0.2, 0.25) is 0 Å². The molecule has 0 radical (unpaired) electrons. The summed E-state index contributed by atoms with van der Waals surface area (Å²) in [6, 6.07) is 9.05. The first-order valence-electron chi connectivity index (χ1n) is 5.84. The normalized spacial score (nSPS) is 10.8. The Bertz CT molecular complexity index is 244. The summed E-state index contributed by atoms with van der Waals surface area (Å²) >= 11 is 0. The molecule has 0 bridgehead atoms. The van der Waals surface area contributed by atoms with Crippen molar-refractivity contribution in [3.63, 3.8) is 0 Å². The molecular formula is C13H21B. The lowest BCUT2D eigenvalue weighted by atomic mass is 9.87. The van der Waals surface area contributed by atoms with E-state index in [0.29, 0.717) is 0 Å². The predicted molar refractivity (Wildman–Crippen MR) is 67.2 cm³/mol. The van der Waals surface area contributed by atoms with Gasteiger partial charge in [-0.15, -0.1) is 0 Å². The first-order chi connectivity index (χ1) is 6.77. The Balaban J connectivity index is 2.71. The minimum atomic E-state index is 0.783. The molecule has 1 aromatic carbocycles. The standard InChI is InChI=1S/C13H21B/c1-3-5-11(6-4-2)12-7-9-13(14)10-8-12/h7-11H,3-6,14H2,1-2H3. The maximum atomic E-state index is 2.30. The molecule has 0 saturated heterocycles. The van der Waals surface area contributed by atoms with Gasteiger partial charge in [0.25, 0.3) is 0 Å². The highest BCUT2D eigenvalue weighted by molar-refractivity contribution is 6.32. The van der Waals surface area contributed by atoms with Crippen molar-refractivity contribution in [2.75, 3.05) is 0 Å². The molecule has 1 heteroatoms. The zero-order chi connectivity index (χ0) is 10.4. The Morgan fingerprint density at radius 2 is 1.50 bits per heavy atom. The van der Waals surface area contributed by atoms with Gasteiger partial charge in [-0.1, -0.05) is 56.4 Å². The van der Waals surface area contributed by atoms with Gasteiger partial charge in [-0.05, 0) is 24.3 Å². The molecule has 0 N–H and O–H groups in total. The number of rotatable bonds is 5. The fourth-order valence-corrected chi connectivity index (χ4v) is 2.01. The average Bonchev–Trinajstić information content (AvgIpc) is 2.19. The van der Waals surface area contributed by atoms with E-state index in [1.807, 2.05) is 0 Å². The lowest BCUT2D eigenvalue weighted by Gasteiger charge is -2.15. The fourth-order valence-electron chi connectivity index (χ4n) is 2.01. The van der Waals surface area contributed by atoms with Gasteiger partial charge in [-0.25, -0.2) is 0 Å². The van der Waals surface area contributed by atoms with Crippen LogP contribution in [0.1, 0.15) is 51.0 Å². The second-order valence-electron chi connectivity index (χ2n) is 4.18. The maximum absolute atomic E-state index is 2.30. The van der Waals surface area contributed by atoms with Crippen molar-refractivity contribution in [3.05, 3.63) is 29.8 Å². The highest BCUT2D eigenvalue weighted by atomic mass is 14.1. The predicted octanol–water partition coefficient (Wildman–Crippen LogP) is 2.63. The van der Waals surface area contributed by atoms with Crippen LogP contribution in [-0.4, -0.2) is 7.85 Å². The lowest BCUT2D eigenvalue weighted by molar-refractivity contribution is 0.561. The Morgan fingerprint density at radius 1 is 1.00 bits per heavy atom. The van der Waals surface area contributed by atoms with Gasteiger partial charge in [0.1, 0.15) is 7.85 Å². The highest BCUT2D eigenvalue weighted by Gasteiger charge is 2.08. The van der Waals surface area contributed by atoms with Crippen LogP contribution in [0.25, 0.3) is 0 Å². The number of hydrogen-bond acceptors (Lipinski definition) is 0. The number of benzene rings is 1. The second-order valence-corrected chi connectivity index (χ2v) is 4.18. The van der Waals surface area contributed by atoms with E-state index in [0.717, 1.165) is 5.92 Å². The molecule has 1 aromatic rings. The van der Waals surface area contributed by atoms with Crippen LogP contribution < -0.4 is 5.46 Å². The molecule has 0 aromatic heterocycles. The molecule has 1 rings (SSSR count). The minimum Gasteiger partial charge on any atom is -0.0889 e. The molecule has 0 atom stereocenters. The summed E-state index contributed by atoms with van der Waals surface area (Å²) in [5.74, 6) is 0.783. The molecule has 14 heavy (non-hydrogen) atoms. The van der Waals surface area contributed by atoms with Gasteiger partial charge in [0.2, 0.25) is 0 Å². The molecule has 0 saturated carbocycles. The largest absolute Gasteiger partial charge is 0.139 e. The average molecular weight is 188 g/mol. The van der Waals surface area contributed by atoms with Crippen LogP contribution in [0.3, 0.4) is 0 Å². The number of hydrogen-bond donors (Lipinski definition) is 0. The van der Waals surface area contributed by atoms with Crippen molar-refractivity contribution in [1.82, 2.24) is 0 Å². The van der Waals surface area contributed by atoms with Gasteiger partial charge >= 0.3 is 0 Å². The fraction of sp³-hybridized carbons (Fsp3) is 0.538. The molecule has 0 fully saturated rings. The Hall–Kier alpha value is -0.715. The Morgan fingerprint density at radius 3 is 1.93 bits per heavy atom. The lowest BCUT2D eigenvalue weighted by Crippen LogP contribution is -2.04. The third kappa shape index (κ3) is 3.21. The summed E-state index contributed by atoms with van der Waals surface area (Å²) in [7, 11) is 2.15. The van der Waals surface area contributed by atoms with Crippen LogP contribution >= 0.6 is 0 Å². The summed E-state index contributed by atoms with van der Waals surface area (Å²) in [5, 5.41) is 0. The zero-order valence-electron chi connectivity index (χ0n) is 9.72. The van der Waals surface area contributed by atoms with Crippen LogP contribution in [-0.2, 0) is 0 Å². The van der Waals surface area contributed by atoms with Gasteiger partial charge in [-0.3, -0.25) is 0 Å². The Labute approximate surface area is 89.1 Å². The van der Waals surface area contributed by atoms with Gasteiger partial charge in [0.05, 0.1) is 0 Å². The van der Waals surface area contributed by atoms with Crippen molar-refractivity contribution in [1.29, 1.82) is 0 Å². The topological polar surface area (TPSA) is 0 Å². The van der Waals surface area contributed by atoms with Crippen molar-refractivity contribution in [2.45, 2.75) is 45.4 Å². The van der Waals surface area contributed by atoms with Crippen molar-refractivity contribution < 1.29 is 0 Å². The zero-order valence-corrected chi connectivity index (χ0v) is 9.72.